The Kier molecular flexibility index (Phi) is 6.77. The molecule has 34 heavy (non-hydrogen) atoms. The number of aryl methyl sites for hydroxylation is 2. The molecule has 0 bridgehead atoms. The molecule has 0 aliphatic rings. The lowest BCUT2D eigenvalue weighted by molar-refractivity contribution is -0.116. The number of rotatable bonds is 7. The van der Waals surface area contributed by atoms with Crippen molar-refractivity contribution in [1.82, 2.24) is 10.1 Å². The van der Waals surface area contributed by atoms with Crippen molar-refractivity contribution in [2.24, 2.45) is 0 Å². The van der Waals surface area contributed by atoms with Crippen molar-refractivity contribution < 1.29 is 18.5 Å². The second-order valence-corrected chi connectivity index (χ2v) is 7.82. The molecule has 0 atom stereocenters. The maximum Gasteiger partial charge on any atom is 0.256 e. The van der Waals surface area contributed by atoms with Gasteiger partial charge in [-0.1, -0.05) is 41.6 Å². The van der Waals surface area contributed by atoms with Gasteiger partial charge < -0.3 is 15.2 Å². The Morgan fingerprint density at radius 2 is 1.76 bits per heavy atom. The molecule has 0 saturated carbocycles. The number of hydrogen-bond acceptors (Lipinski definition) is 5. The number of benzene rings is 3. The number of nitrogens with zero attached hydrogens (tertiary/aromatic N) is 2. The van der Waals surface area contributed by atoms with Gasteiger partial charge in [0.2, 0.25) is 17.6 Å². The molecule has 1 aromatic heterocycles. The molecule has 2 amide bonds. The first-order valence-electron chi connectivity index (χ1n) is 10.8. The standard InChI is InChI=1S/C26H23FN4O3/c1-16-11-12-18(15-21(16)27)25-30-24(34-31-25)14-13-23(32)29-22-10-6-9-20(17(22)2)26(33)28-19-7-4-3-5-8-19/h3-12,15H,13-14H2,1-2H3,(H,28,33)(H,29,32). The lowest BCUT2D eigenvalue weighted by atomic mass is 10.1. The molecule has 2 N–H and O–H groups in total. The number of para-hydroxylation sites is 1. The fourth-order valence-electron chi connectivity index (χ4n) is 3.38. The third kappa shape index (κ3) is 5.35. The fraction of sp³-hybridized carbons (Fsp3) is 0.154. The fourth-order valence-corrected chi connectivity index (χ4v) is 3.38. The molecular formula is C26H23FN4O3. The molecule has 0 fully saturated rings. The Labute approximate surface area is 196 Å². The topological polar surface area (TPSA) is 97.1 Å². The number of nitrogens with one attached hydrogen (secondary N) is 2. The van der Waals surface area contributed by atoms with E-state index in [2.05, 4.69) is 20.8 Å². The van der Waals surface area contributed by atoms with Crippen LogP contribution >= 0.6 is 0 Å². The number of anilines is 2. The van der Waals surface area contributed by atoms with Crippen LogP contribution in [-0.4, -0.2) is 22.0 Å². The van der Waals surface area contributed by atoms with E-state index in [-0.39, 0.29) is 42.2 Å². The maximum atomic E-state index is 13.8. The second kappa shape index (κ2) is 10.1. The van der Waals surface area contributed by atoms with Crippen molar-refractivity contribution in [3.05, 3.63) is 95.1 Å². The third-order valence-corrected chi connectivity index (χ3v) is 5.35. The molecule has 172 valence electrons. The normalized spacial score (nSPS) is 10.7. The van der Waals surface area contributed by atoms with Gasteiger partial charge in [0.1, 0.15) is 5.82 Å². The van der Waals surface area contributed by atoms with Crippen molar-refractivity contribution in [2.45, 2.75) is 26.7 Å². The van der Waals surface area contributed by atoms with Gasteiger partial charge in [-0.2, -0.15) is 4.98 Å². The lowest BCUT2D eigenvalue weighted by Gasteiger charge is -2.12. The first-order chi connectivity index (χ1) is 16.4. The number of carbonyl (C=O) groups excluding carboxylic acids is 2. The van der Waals surface area contributed by atoms with Gasteiger partial charge in [0.25, 0.3) is 5.91 Å². The van der Waals surface area contributed by atoms with Crippen LogP contribution in [0.5, 0.6) is 0 Å². The van der Waals surface area contributed by atoms with Crippen molar-refractivity contribution in [2.75, 3.05) is 10.6 Å². The first-order valence-corrected chi connectivity index (χ1v) is 10.8. The SMILES string of the molecule is Cc1ccc(-c2noc(CCC(=O)Nc3cccc(C(=O)Nc4ccccc4)c3C)n2)cc1F. The van der Waals surface area contributed by atoms with E-state index < -0.39 is 0 Å². The summed E-state index contributed by atoms with van der Waals surface area (Å²) in [6, 6.07) is 19.0. The van der Waals surface area contributed by atoms with E-state index in [4.69, 9.17) is 4.52 Å². The summed E-state index contributed by atoms with van der Waals surface area (Å²) in [5.74, 6) is -0.324. The largest absolute Gasteiger partial charge is 0.339 e. The summed E-state index contributed by atoms with van der Waals surface area (Å²) >= 11 is 0. The van der Waals surface area contributed by atoms with Crippen LogP contribution in [0, 0.1) is 19.7 Å². The predicted molar refractivity (Wildman–Crippen MR) is 127 cm³/mol. The van der Waals surface area contributed by atoms with Crippen LogP contribution in [0.25, 0.3) is 11.4 Å². The summed E-state index contributed by atoms with van der Waals surface area (Å²) in [7, 11) is 0. The molecular weight excluding hydrogens is 435 g/mol. The summed E-state index contributed by atoms with van der Waals surface area (Å²) in [4.78, 5) is 29.4. The average Bonchev–Trinajstić information content (AvgIpc) is 3.30. The zero-order chi connectivity index (χ0) is 24.1. The molecule has 8 heteroatoms. The van der Waals surface area contributed by atoms with Gasteiger partial charge in [-0.05, 0) is 55.3 Å². The summed E-state index contributed by atoms with van der Waals surface area (Å²) in [5, 5.41) is 9.55. The average molecular weight is 458 g/mol. The van der Waals surface area contributed by atoms with Crippen LogP contribution in [0.1, 0.15) is 33.8 Å². The van der Waals surface area contributed by atoms with Gasteiger partial charge in [0.05, 0.1) is 0 Å². The summed E-state index contributed by atoms with van der Waals surface area (Å²) in [6.07, 6.45) is 0.324. The summed E-state index contributed by atoms with van der Waals surface area (Å²) in [5.41, 5.74) is 3.39. The maximum absolute atomic E-state index is 13.8. The molecule has 3 aromatic carbocycles. The van der Waals surface area contributed by atoms with Crippen LogP contribution < -0.4 is 10.6 Å². The molecule has 7 nitrogen and oxygen atoms in total. The summed E-state index contributed by atoms with van der Waals surface area (Å²) in [6.45, 7) is 3.45. The zero-order valence-corrected chi connectivity index (χ0v) is 18.8. The molecule has 0 spiro atoms. The Balaban J connectivity index is 1.37. The number of aromatic nitrogens is 2. The van der Waals surface area contributed by atoms with Crippen molar-refractivity contribution >= 4 is 23.2 Å². The predicted octanol–water partition coefficient (Wildman–Crippen LogP) is 5.32. The van der Waals surface area contributed by atoms with Gasteiger partial charge in [-0.3, -0.25) is 9.59 Å². The molecule has 0 unspecified atom stereocenters. The Morgan fingerprint density at radius 1 is 0.971 bits per heavy atom. The van der Waals surface area contributed by atoms with E-state index in [1.807, 2.05) is 18.2 Å². The van der Waals surface area contributed by atoms with E-state index >= 15 is 0 Å². The minimum Gasteiger partial charge on any atom is -0.339 e. The molecule has 0 aliphatic carbocycles. The molecule has 4 aromatic rings. The third-order valence-electron chi connectivity index (χ3n) is 5.35. The molecule has 1 heterocycles. The van der Waals surface area contributed by atoms with Gasteiger partial charge in [-0.25, -0.2) is 4.39 Å². The van der Waals surface area contributed by atoms with Gasteiger partial charge >= 0.3 is 0 Å². The zero-order valence-electron chi connectivity index (χ0n) is 18.8. The Morgan fingerprint density at radius 3 is 2.53 bits per heavy atom. The van der Waals surface area contributed by atoms with Gasteiger partial charge in [0, 0.05) is 35.3 Å². The van der Waals surface area contributed by atoms with Crippen LogP contribution in [0.4, 0.5) is 15.8 Å². The molecule has 0 radical (unpaired) electrons. The monoisotopic (exact) mass is 458 g/mol. The van der Waals surface area contributed by atoms with Crippen LogP contribution in [0.3, 0.4) is 0 Å². The highest BCUT2D eigenvalue weighted by Gasteiger charge is 2.15. The van der Waals surface area contributed by atoms with Gasteiger partial charge in [-0.15, -0.1) is 0 Å². The number of hydrogen-bond donors (Lipinski definition) is 2. The minimum atomic E-state index is -0.349. The van der Waals surface area contributed by atoms with E-state index in [1.165, 1.54) is 6.07 Å². The second-order valence-electron chi connectivity index (χ2n) is 7.82. The van der Waals surface area contributed by atoms with Crippen LogP contribution in [0.15, 0.2) is 71.3 Å². The highest BCUT2D eigenvalue weighted by molar-refractivity contribution is 6.06. The first kappa shape index (κ1) is 22.8. The van der Waals surface area contributed by atoms with Crippen LogP contribution in [-0.2, 0) is 11.2 Å². The van der Waals surface area contributed by atoms with Gasteiger partial charge in [0.15, 0.2) is 0 Å². The van der Waals surface area contributed by atoms with Crippen molar-refractivity contribution in [1.29, 1.82) is 0 Å². The molecule has 0 saturated heterocycles. The van der Waals surface area contributed by atoms with E-state index in [0.717, 1.165) is 0 Å². The molecule has 4 rings (SSSR count). The van der Waals surface area contributed by atoms with Crippen molar-refractivity contribution in [3.8, 4) is 11.4 Å². The Bertz CT molecular complexity index is 1340. The minimum absolute atomic E-state index is 0.101. The summed E-state index contributed by atoms with van der Waals surface area (Å²) < 4.78 is 19.0. The highest BCUT2D eigenvalue weighted by atomic mass is 19.1. The number of halogens is 1. The van der Waals surface area contributed by atoms with Crippen molar-refractivity contribution in [3.63, 3.8) is 0 Å². The van der Waals surface area contributed by atoms with E-state index in [9.17, 15) is 14.0 Å². The van der Waals surface area contributed by atoms with E-state index in [0.29, 0.717) is 33.6 Å². The smallest absolute Gasteiger partial charge is 0.256 e. The van der Waals surface area contributed by atoms with E-state index in [1.54, 1.807) is 56.3 Å². The quantitative estimate of drug-likeness (QED) is 0.391. The number of amides is 2. The molecule has 0 aliphatic heterocycles. The lowest BCUT2D eigenvalue weighted by Crippen LogP contribution is -2.17. The van der Waals surface area contributed by atoms with Crippen LogP contribution in [0.2, 0.25) is 0 Å². The highest BCUT2D eigenvalue weighted by Crippen LogP contribution is 2.22. The number of carbonyl (C=O) groups is 2. The Hall–Kier alpha value is -4.33.